The standard InChI is InChI=1S/C15H20ClNO3S/c1-21(19,20)14-4-2-3-13(10-14)17-15(18)9-11-5-7-12(16)8-6-11/h5-8,13-14H,2-4,9-10H2,1H3,(H,17,18). The van der Waals surface area contributed by atoms with Gasteiger partial charge in [-0.2, -0.15) is 0 Å². The van der Waals surface area contributed by atoms with Gasteiger partial charge in [-0.15, -0.1) is 0 Å². The number of rotatable bonds is 4. The summed E-state index contributed by atoms with van der Waals surface area (Å²) in [7, 11) is -3.02. The van der Waals surface area contributed by atoms with Gasteiger partial charge in [-0.1, -0.05) is 30.2 Å². The quantitative estimate of drug-likeness (QED) is 0.922. The normalized spacial score (nSPS) is 22.8. The highest BCUT2D eigenvalue weighted by molar-refractivity contribution is 7.91. The Morgan fingerprint density at radius 3 is 2.57 bits per heavy atom. The van der Waals surface area contributed by atoms with Gasteiger partial charge in [0.25, 0.3) is 0 Å². The first-order valence-corrected chi connectivity index (χ1v) is 9.40. The SMILES string of the molecule is CS(=O)(=O)C1CCCC(NC(=O)Cc2ccc(Cl)cc2)C1. The molecule has 2 rings (SSSR count). The number of sulfone groups is 1. The van der Waals surface area contributed by atoms with Gasteiger partial charge in [-0.3, -0.25) is 4.79 Å². The van der Waals surface area contributed by atoms with Crippen molar-refractivity contribution in [3.05, 3.63) is 34.9 Å². The van der Waals surface area contributed by atoms with Crippen molar-refractivity contribution >= 4 is 27.3 Å². The van der Waals surface area contributed by atoms with E-state index >= 15 is 0 Å². The van der Waals surface area contributed by atoms with Gasteiger partial charge in [0.05, 0.1) is 11.7 Å². The zero-order valence-corrected chi connectivity index (χ0v) is 13.6. The number of benzene rings is 1. The molecule has 0 heterocycles. The molecule has 21 heavy (non-hydrogen) atoms. The molecule has 1 N–H and O–H groups in total. The molecule has 0 saturated heterocycles. The molecule has 0 radical (unpaired) electrons. The van der Waals surface area contributed by atoms with Crippen LogP contribution < -0.4 is 5.32 Å². The Hall–Kier alpha value is -1.07. The van der Waals surface area contributed by atoms with Gasteiger partial charge in [-0.05, 0) is 37.0 Å². The van der Waals surface area contributed by atoms with Gasteiger partial charge < -0.3 is 5.32 Å². The zero-order valence-electron chi connectivity index (χ0n) is 12.0. The fourth-order valence-electron chi connectivity index (χ4n) is 2.73. The second-order valence-electron chi connectivity index (χ2n) is 5.69. The van der Waals surface area contributed by atoms with Crippen LogP contribution in [0.15, 0.2) is 24.3 Å². The molecule has 1 aliphatic rings. The topological polar surface area (TPSA) is 63.2 Å². The molecule has 0 aliphatic heterocycles. The van der Waals surface area contributed by atoms with Crippen LogP contribution in [-0.4, -0.2) is 31.9 Å². The van der Waals surface area contributed by atoms with Crippen molar-refractivity contribution in [2.75, 3.05) is 6.26 Å². The summed E-state index contributed by atoms with van der Waals surface area (Å²) in [5, 5.41) is 3.26. The lowest BCUT2D eigenvalue weighted by Gasteiger charge is -2.28. The molecule has 1 aromatic rings. The number of halogens is 1. The van der Waals surface area contributed by atoms with Gasteiger partial charge >= 0.3 is 0 Å². The third-order valence-corrected chi connectivity index (χ3v) is 5.77. The predicted molar refractivity (Wildman–Crippen MR) is 84.2 cm³/mol. The predicted octanol–water partition coefficient (Wildman–Crippen LogP) is 2.35. The van der Waals surface area contributed by atoms with Gasteiger partial charge in [0, 0.05) is 17.3 Å². The van der Waals surface area contributed by atoms with Crippen molar-refractivity contribution in [1.82, 2.24) is 5.32 Å². The van der Waals surface area contributed by atoms with Crippen molar-refractivity contribution in [2.45, 2.75) is 43.4 Å². The van der Waals surface area contributed by atoms with Crippen LogP contribution in [0.4, 0.5) is 0 Å². The fraction of sp³-hybridized carbons (Fsp3) is 0.533. The lowest BCUT2D eigenvalue weighted by atomic mass is 9.94. The van der Waals surface area contributed by atoms with E-state index in [9.17, 15) is 13.2 Å². The summed E-state index contributed by atoms with van der Waals surface area (Å²) in [5.41, 5.74) is 0.896. The van der Waals surface area contributed by atoms with Crippen LogP contribution in [0.5, 0.6) is 0 Å². The highest BCUT2D eigenvalue weighted by Crippen LogP contribution is 2.24. The molecule has 1 aromatic carbocycles. The van der Waals surface area contributed by atoms with E-state index in [4.69, 9.17) is 11.6 Å². The number of hydrogen-bond donors (Lipinski definition) is 1. The summed E-state index contributed by atoms with van der Waals surface area (Å²) in [4.78, 5) is 12.0. The molecule has 1 saturated carbocycles. The van der Waals surface area contributed by atoms with Crippen LogP contribution in [-0.2, 0) is 21.1 Å². The average molecular weight is 330 g/mol. The molecule has 1 amide bonds. The monoisotopic (exact) mass is 329 g/mol. The van der Waals surface area contributed by atoms with Gasteiger partial charge in [-0.25, -0.2) is 8.42 Å². The Bertz CT molecular complexity index is 598. The summed E-state index contributed by atoms with van der Waals surface area (Å²) in [5.74, 6) is -0.0727. The average Bonchev–Trinajstić information content (AvgIpc) is 2.41. The summed E-state index contributed by atoms with van der Waals surface area (Å²) in [6, 6.07) is 7.11. The molecule has 2 unspecified atom stereocenters. The summed E-state index contributed by atoms with van der Waals surface area (Å²) >= 11 is 5.81. The molecular formula is C15H20ClNO3S. The Morgan fingerprint density at radius 2 is 1.95 bits per heavy atom. The molecule has 0 bridgehead atoms. The molecule has 6 heteroatoms. The maximum Gasteiger partial charge on any atom is 0.224 e. The van der Waals surface area contributed by atoms with Crippen LogP contribution in [0, 0.1) is 0 Å². The first-order valence-electron chi connectivity index (χ1n) is 7.07. The molecule has 1 fully saturated rings. The first-order chi connectivity index (χ1) is 9.84. The number of hydrogen-bond acceptors (Lipinski definition) is 3. The minimum atomic E-state index is -3.02. The molecule has 1 aliphatic carbocycles. The van der Waals surface area contributed by atoms with Crippen LogP contribution in [0.3, 0.4) is 0 Å². The summed E-state index contributed by atoms with van der Waals surface area (Å²) < 4.78 is 23.2. The van der Waals surface area contributed by atoms with E-state index in [-0.39, 0.29) is 23.6 Å². The van der Waals surface area contributed by atoms with E-state index in [1.54, 1.807) is 12.1 Å². The van der Waals surface area contributed by atoms with Crippen LogP contribution in [0.25, 0.3) is 0 Å². The van der Waals surface area contributed by atoms with Crippen LogP contribution in [0.1, 0.15) is 31.2 Å². The lowest BCUT2D eigenvalue weighted by molar-refractivity contribution is -0.121. The minimum Gasteiger partial charge on any atom is -0.353 e. The molecule has 4 nitrogen and oxygen atoms in total. The Kier molecular flexibility index (Phi) is 5.27. The molecule has 2 atom stereocenters. The van der Waals surface area contributed by atoms with Gasteiger partial charge in [0.2, 0.25) is 5.91 Å². The van der Waals surface area contributed by atoms with Crippen molar-refractivity contribution in [3.8, 4) is 0 Å². The number of amides is 1. The minimum absolute atomic E-state index is 0.0433. The van der Waals surface area contributed by atoms with Crippen molar-refractivity contribution < 1.29 is 13.2 Å². The number of carbonyl (C=O) groups is 1. The fourth-order valence-corrected chi connectivity index (χ4v) is 4.03. The molecule has 0 aromatic heterocycles. The van der Waals surface area contributed by atoms with Crippen molar-refractivity contribution in [3.63, 3.8) is 0 Å². The van der Waals surface area contributed by atoms with E-state index in [1.165, 1.54) is 6.26 Å². The van der Waals surface area contributed by atoms with Crippen LogP contribution >= 0.6 is 11.6 Å². The van der Waals surface area contributed by atoms with Crippen molar-refractivity contribution in [2.24, 2.45) is 0 Å². The smallest absolute Gasteiger partial charge is 0.224 e. The van der Waals surface area contributed by atoms with Gasteiger partial charge in [0.1, 0.15) is 9.84 Å². The summed E-state index contributed by atoms with van der Waals surface area (Å²) in [6.07, 6.45) is 4.46. The Balaban J connectivity index is 1.89. The maximum absolute atomic E-state index is 12.0. The highest BCUT2D eigenvalue weighted by Gasteiger charge is 2.29. The highest BCUT2D eigenvalue weighted by atomic mass is 35.5. The van der Waals surface area contributed by atoms with E-state index in [2.05, 4.69) is 5.32 Å². The Morgan fingerprint density at radius 1 is 1.29 bits per heavy atom. The lowest BCUT2D eigenvalue weighted by Crippen LogP contribution is -2.42. The molecule has 116 valence electrons. The zero-order chi connectivity index (χ0) is 15.5. The first kappa shape index (κ1) is 16.3. The van der Waals surface area contributed by atoms with E-state index in [1.807, 2.05) is 12.1 Å². The second-order valence-corrected chi connectivity index (χ2v) is 8.45. The summed E-state index contributed by atoms with van der Waals surface area (Å²) in [6.45, 7) is 0. The maximum atomic E-state index is 12.0. The van der Waals surface area contributed by atoms with Gasteiger partial charge in [0.15, 0.2) is 0 Å². The van der Waals surface area contributed by atoms with E-state index in [0.29, 0.717) is 17.9 Å². The van der Waals surface area contributed by atoms with E-state index < -0.39 is 9.84 Å². The van der Waals surface area contributed by atoms with Crippen LogP contribution in [0.2, 0.25) is 5.02 Å². The second kappa shape index (κ2) is 6.79. The number of carbonyl (C=O) groups excluding carboxylic acids is 1. The third kappa shape index (κ3) is 5.00. The molecular weight excluding hydrogens is 310 g/mol. The van der Waals surface area contributed by atoms with Crippen molar-refractivity contribution in [1.29, 1.82) is 0 Å². The van der Waals surface area contributed by atoms with E-state index in [0.717, 1.165) is 18.4 Å². The number of nitrogens with one attached hydrogen (secondary N) is 1. The third-order valence-electron chi connectivity index (χ3n) is 3.87. The Labute approximate surface area is 130 Å². The molecule has 0 spiro atoms. The largest absolute Gasteiger partial charge is 0.353 e.